The molecule has 0 aliphatic carbocycles. The Bertz CT molecular complexity index is 735. The fraction of sp³-hybridized carbons (Fsp3) is 0.400. The third kappa shape index (κ3) is 3.72. The van der Waals surface area contributed by atoms with Crippen LogP contribution in [0.5, 0.6) is 0 Å². The predicted octanol–water partition coefficient (Wildman–Crippen LogP) is 1.87. The number of carbonyl (C=O) groups excluding carboxylic acids is 1. The molecule has 1 unspecified atom stereocenters. The zero-order valence-electron chi connectivity index (χ0n) is 14.3. The van der Waals surface area contributed by atoms with Crippen LogP contribution in [0.3, 0.4) is 0 Å². The number of hydrogen-bond acceptors (Lipinski definition) is 4. The predicted molar refractivity (Wildman–Crippen MR) is 94.8 cm³/mol. The molecule has 5 heteroatoms. The topological polar surface area (TPSA) is 45.7 Å². The molecule has 1 saturated heterocycles. The quantitative estimate of drug-likeness (QED) is 0.858. The lowest BCUT2D eigenvalue weighted by Gasteiger charge is -2.36. The number of fused-ring (bicyclic) bond motifs is 1. The first kappa shape index (κ1) is 16.2. The molecule has 2 aromatic rings. The molecule has 1 amide bonds. The minimum absolute atomic E-state index is 0.111. The average Bonchev–Trinajstić information content (AvgIpc) is 2.68. The number of amides is 1. The summed E-state index contributed by atoms with van der Waals surface area (Å²) >= 11 is 0. The normalized spacial score (nSPS) is 21.0. The van der Waals surface area contributed by atoms with Crippen LogP contribution in [-0.4, -0.2) is 53.0 Å². The number of morpholine rings is 1. The van der Waals surface area contributed by atoms with E-state index in [1.165, 1.54) is 11.1 Å². The number of pyridine rings is 1. The van der Waals surface area contributed by atoms with Crippen LogP contribution in [-0.2, 0) is 29.0 Å². The number of carbonyl (C=O) groups is 1. The largest absolute Gasteiger partial charge is 0.366 e. The lowest BCUT2D eigenvalue weighted by atomic mass is 9.99. The van der Waals surface area contributed by atoms with E-state index in [-0.39, 0.29) is 12.0 Å². The Kier molecular flexibility index (Phi) is 4.76. The summed E-state index contributed by atoms with van der Waals surface area (Å²) in [5.74, 6) is 0.111. The molecule has 2 aliphatic rings. The molecule has 0 N–H and O–H groups in total. The average molecular weight is 337 g/mol. The molecule has 1 fully saturated rings. The van der Waals surface area contributed by atoms with E-state index in [2.05, 4.69) is 28.1 Å². The first-order chi connectivity index (χ1) is 12.3. The van der Waals surface area contributed by atoms with Gasteiger partial charge in [-0.05, 0) is 29.7 Å². The molecule has 0 spiro atoms. The zero-order valence-corrected chi connectivity index (χ0v) is 14.3. The molecule has 130 valence electrons. The third-order valence-corrected chi connectivity index (χ3v) is 4.98. The van der Waals surface area contributed by atoms with Crippen molar-refractivity contribution in [1.29, 1.82) is 0 Å². The van der Waals surface area contributed by atoms with E-state index in [1.807, 2.05) is 35.4 Å². The highest BCUT2D eigenvalue weighted by molar-refractivity contribution is 5.81. The van der Waals surface area contributed by atoms with E-state index in [0.717, 1.165) is 31.7 Å². The maximum atomic E-state index is 12.9. The number of ether oxygens (including phenoxy) is 1. The van der Waals surface area contributed by atoms with Crippen LogP contribution in [0.25, 0.3) is 0 Å². The Morgan fingerprint density at radius 3 is 2.80 bits per heavy atom. The first-order valence-electron chi connectivity index (χ1n) is 8.89. The second-order valence-corrected chi connectivity index (χ2v) is 6.69. The number of nitrogens with zero attached hydrogens (tertiary/aromatic N) is 3. The van der Waals surface area contributed by atoms with E-state index in [9.17, 15) is 4.79 Å². The van der Waals surface area contributed by atoms with Gasteiger partial charge in [0.25, 0.3) is 5.91 Å². The summed E-state index contributed by atoms with van der Waals surface area (Å²) in [5.41, 5.74) is 3.64. The van der Waals surface area contributed by atoms with Crippen molar-refractivity contribution in [3.8, 4) is 0 Å². The van der Waals surface area contributed by atoms with Crippen molar-refractivity contribution < 1.29 is 9.53 Å². The molecule has 3 heterocycles. The van der Waals surface area contributed by atoms with Crippen LogP contribution in [0, 0.1) is 0 Å². The highest BCUT2D eigenvalue weighted by Crippen LogP contribution is 2.20. The monoisotopic (exact) mass is 337 g/mol. The van der Waals surface area contributed by atoms with Crippen LogP contribution < -0.4 is 0 Å². The van der Waals surface area contributed by atoms with E-state index >= 15 is 0 Å². The molecule has 4 rings (SSSR count). The SMILES string of the molecule is O=C(C1CN(Cc2ccccn2)CCO1)N1CCc2ccccc2C1. The van der Waals surface area contributed by atoms with Gasteiger partial charge in [0, 0.05) is 38.9 Å². The van der Waals surface area contributed by atoms with Crippen molar-refractivity contribution >= 4 is 5.91 Å². The van der Waals surface area contributed by atoms with Gasteiger partial charge < -0.3 is 9.64 Å². The third-order valence-electron chi connectivity index (χ3n) is 4.98. The number of rotatable bonds is 3. The van der Waals surface area contributed by atoms with Crippen LogP contribution in [0.2, 0.25) is 0 Å². The van der Waals surface area contributed by atoms with Gasteiger partial charge >= 0.3 is 0 Å². The minimum atomic E-state index is -0.372. The summed E-state index contributed by atoms with van der Waals surface area (Å²) < 4.78 is 5.80. The number of hydrogen-bond donors (Lipinski definition) is 0. The Hall–Kier alpha value is -2.24. The number of benzene rings is 1. The van der Waals surface area contributed by atoms with Crippen LogP contribution in [0.4, 0.5) is 0 Å². The molecule has 0 saturated carbocycles. The van der Waals surface area contributed by atoms with Crippen LogP contribution in [0.15, 0.2) is 48.7 Å². The summed E-state index contributed by atoms with van der Waals surface area (Å²) in [5, 5.41) is 0. The van der Waals surface area contributed by atoms with Crippen molar-refractivity contribution in [3.05, 3.63) is 65.5 Å². The van der Waals surface area contributed by atoms with Gasteiger partial charge in [-0.2, -0.15) is 0 Å². The van der Waals surface area contributed by atoms with Gasteiger partial charge in [-0.25, -0.2) is 0 Å². The van der Waals surface area contributed by atoms with Gasteiger partial charge in [-0.15, -0.1) is 0 Å². The summed E-state index contributed by atoms with van der Waals surface area (Å²) in [6, 6.07) is 14.3. The van der Waals surface area contributed by atoms with E-state index in [0.29, 0.717) is 19.7 Å². The maximum absolute atomic E-state index is 12.9. The molecule has 5 nitrogen and oxygen atoms in total. The van der Waals surface area contributed by atoms with Gasteiger partial charge in [-0.1, -0.05) is 30.3 Å². The maximum Gasteiger partial charge on any atom is 0.253 e. The Morgan fingerprint density at radius 1 is 1.12 bits per heavy atom. The van der Waals surface area contributed by atoms with Crippen molar-refractivity contribution in [3.63, 3.8) is 0 Å². The molecule has 0 bridgehead atoms. The van der Waals surface area contributed by atoms with Gasteiger partial charge in [0.2, 0.25) is 0 Å². The van der Waals surface area contributed by atoms with Crippen LogP contribution >= 0.6 is 0 Å². The summed E-state index contributed by atoms with van der Waals surface area (Å²) in [4.78, 5) is 21.5. The van der Waals surface area contributed by atoms with Crippen molar-refractivity contribution in [2.24, 2.45) is 0 Å². The molecular weight excluding hydrogens is 314 g/mol. The van der Waals surface area contributed by atoms with Gasteiger partial charge in [0.15, 0.2) is 0 Å². The summed E-state index contributed by atoms with van der Waals surface area (Å²) in [6.45, 7) is 4.28. The fourth-order valence-electron chi connectivity index (χ4n) is 3.60. The highest BCUT2D eigenvalue weighted by atomic mass is 16.5. The van der Waals surface area contributed by atoms with Crippen molar-refractivity contribution in [2.75, 3.05) is 26.2 Å². The Labute approximate surface area is 148 Å². The number of aromatic nitrogens is 1. The van der Waals surface area contributed by atoms with E-state index in [4.69, 9.17) is 4.74 Å². The molecule has 1 atom stereocenters. The second-order valence-electron chi connectivity index (χ2n) is 6.69. The van der Waals surface area contributed by atoms with E-state index < -0.39 is 0 Å². The van der Waals surface area contributed by atoms with Crippen molar-refractivity contribution in [1.82, 2.24) is 14.8 Å². The van der Waals surface area contributed by atoms with Crippen LogP contribution in [0.1, 0.15) is 16.8 Å². The zero-order chi connectivity index (χ0) is 17.1. The highest BCUT2D eigenvalue weighted by Gasteiger charge is 2.31. The lowest BCUT2D eigenvalue weighted by Crippen LogP contribution is -2.51. The van der Waals surface area contributed by atoms with Crippen molar-refractivity contribution in [2.45, 2.75) is 25.6 Å². The minimum Gasteiger partial charge on any atom is -0.366 e. The molecule has 1 aromatic carbocycles. The molecule has 1 aromatic heterocycles. The summed E-state index contributed by atoms with van der Waals surface area (Å²) in [6.07, 6.45) is 2.36. The molecule has 25 heavy (non-hydrogen) atoms. The molecule has 0 radical (unpaired) electrons. The Balaban J connectivity index is 1.39. The molecular formula is C20H23N3O2. The second kappa shape index (κ2) is 7.33. The Morgan fingerprint density at radius 2 is 1.96 bits per heavy atom. The first-order valence-corrected chi connectivity index (χ1v) is 8.89. The van der Waals surface area contributed by atoms with Gasteiger partial charge in [-0.3, -0.25) is 14.7 Å². The standard InChI is InChI=1S/C20H23N3O2/c24-20(23-10-8-16-5-1-2-6-17(16)13-23)19-15-22(11-12-25-19)14-18-7-3-4-9-21-18/h1-7,9,19H,8,10-15H2. The molecule has 2 aliphatic heterocycles. The lowest BCUT2D eigenvalue weighted by molar-refractivity contribution is -0.150. The van der Waals surface area contributed by atoms with Gasteiger partial charge in [0.1, 0.15) is 6.10 Å². The summed E-state index contributed by atoms with van der Waals surface area (Å²) in [7, 11) is 0. The van der Waals surface area contributed by atoms with E-state index in [1.54, 1.807) is 0 Å². The van der Waals surface area contributed by atoms with Gasteiger partial charge in [0.05, 0.1) is 12.3 Å². The smallest absolute Gasteiger partial charge is 0.253 e. The fourth-order valence-corrected chi connectivity index (χ4v) is 3.60.